The van der Waals surface area contributed by atoms with E-state index < -0.39 is 5.97 Å². The normalized spacial score (nSPS) is 13.3. The van der Waals surface area contributed by atoms with E-state index in [0.717, 1.165) is 27.6 Å². The Kier molecular flexibility index (Phi) is 5.58. The van der Waals surface area contributed by atoms with Crippen LogP contribution in [0.1, 0.15) is 43.4 Å². The molecule has 2 amide bonds. The molecule has 1 aromatic carbocycles. The molecule has 0 N–H and O–H groups in total. The van der Waals surface area contributed by atoms with Gasteiger partial charge in [0.15, 0.2) is 0 Å². The Hall–Kier alpha value is -3.87. The molecule has 0 fully saturated rings. The van der Waals surface area contributed by atoms with Crippen molar-refractivity contribution in [3.05, 3.63) is 88.6 Å². The Morgan fingerprint density at radius 1 is 1.06 bits per heavy atom. The van der Waals surface area contributed by atoms with E-state index in [2.05, 4.69) is 4.57 Å². The van der Waals surface area contributed by atoms with Gasteiger partial charge in [-0.3, -0.25) is 14.5 Å². The molecule has 0 radical (unpaired) electrons. The summed E-state index contributed by atoms with van der Waals surface area (Å²) in [7, 11) is 0. The van der Waals surface area contributed by atoms with E-state index in [1.807, 2.05) is 32.0 Å². The van der Waals surface area contributed by atoms with Crippen molar-refractivity contribution in [1.82, 2.24) is 9.47 Å². The summed E-state index contributed by atoms with van der Waals surface area (Å²) >= 11 is 0. The smallest absolute Gasteiger partial charge is 0.330 e. The number of aryl methyl sites for hydroxylation is 1. The fraction of sp³-hybridized carbons (Fsp3) is 0.208. The molecule has 0 spiro atoms. The number of nitrogens with zero attached hydrogens (tertiary/aromatic N) is 2. The monoisotopic (exact) mass is 418 g/mol. The Labute approximate surface area is 179 Å². The van der Waals surface area contributed by atoms with Crippen LogP contribution < -0.4 is 0 Å². The summed E-state index contributed by atoms with van der Waals surface area (Å²) in [4.78, 5) is 37.9. The quantitative estimate of drug-likeness (QED) is 0.333. The van der Waals surface area contributed by atoms with Crippen LogP contribution in [0.15, 0.2) is 59.2 Å². The zero-order chi connectivity index (χ0) is 22.0. The number of benzene rings is 1. The third-order valence-corrected chi connectivity index (χ3v) is 5.34. The van der Waals surface area contributed by atoms with Crippen LogP contribution in [0.5, 0.6) is 0 Å². The van der Waals surface area contributed by atoms with Crippen molar-refractivity contribution in [2.75, 3.05) is 13.2 Å². The van der Waals surface area contributed by atoms with Crippen LogP contribution in [-0.4, -0.2) is 40.4 Å². The summed E-state index contributed by atoms with van der Waals surface area (Å²) in [6.45, 7) is 4.54. The predicted octanol–water partition coefficient (Wildman–Crippen LogP) is 3.60. The molecule has 0 aliphatic carbocycles. The first-order chi connectivity index (χ1) is 15.0. The Morgan fingerprint density at radius 3 is 2.42 bits per heavy atom. The van der Waals surface area contributed by atoms with Crippen LogP contribution in [0.25, 0.3) is 6.08 Å². The summed E-state index contributed by atoms with van der Waals surface area (Å²) in [5.41, 5.74) is 3.71. The summed E-state index contributed by atoms with van der Waals surface area (Å²) < 4.78 is 12.7. The highest BCUT2D eigenvalue weighted by Crippen LogP contribution is 2.22. The van der Waals surface area contributed by atoms with Crippen molar-refractivity contribution in [2.45, 2.75) is 20.4 Å². The number of rotatable bonds is 7. The lowest BCUT2D eigenvalue weighted by Gasteiger charge is -2.13. The first-order valence-corrected chi connectivity index (χ1v) is 9.95. The van der Waals surface area contributed by atoms with E-state index in [1.54, 1.807) is 36.6 Å². The lowest BCUT2D eigenvalue weighted by atomic mass is 10.1. The number of esters is 1. The number of imide groups is 1. The first kappa shape index (κ1) is 20.4. The van der Waals surface area contributed by atoms with Crippen molar-refractivity contribution in [3.63, 3.8) is 0 Å². The minimum atomic E-state index is -0.535. The molecule has 158 valence electrons. The first-order valence-electron chi connectivity index (χ1n) is 9.95. The SMILES string of the molecule is Cc1cc(/C=C/C(=O)OCCN2C(=O)c3ccccc3C2=O)c(C)n1Cc1ccco1. The van der Waals surface area contributed by atoms with Crippen molar-refractivity contribution < 1.29 is 23.5 Å². The average Bonchev–Trinajstić information content (AvgIpc) is 3.44. The Morgan fingerprint density at radius 2 is 1.77 bits per heavy atom. The zero-order valence-corrected chi connectivity index (χ0v) is 17.3. The van der Waals surface area contributed by atoms with Crippen LogP contribution in [0.2, 0.25) is 0 Å². The van der Waals surface area contributed by atoms with Gasteiger partial charge < -0.3 is 13.7 Å². The second-order valence-corrected chi connectivity index (χ2v) is 7.30. The predicted molar refractivity (Wildman–Crippen MR) is 114 cm³/mol. The van der Waals surface area contributed by atoms with Crippen molar-refractivity contribution in [3.8, 4) is 0 Å². The zero-order valence-electron chi connectivity index (χ0n) is 17.3. The molecule has 4 rings (SSSR count). The molecular formula is C24H22N2O5. The highest BCUT2D eigenvalue weighted by Gasteiger charge is 2.34. The van der Waals surface area contributed by atoms with Gasteiger partial charge in [0.05, 0.1) is 30.5 Å². The van der Waals surface area contributed by atoms with E-state index in [0.29, 0.717) is 17.7 Å². The number of aromatic nitrogens is 1. The number of amides is 2. The molecular weight excluding hydrogens is 396 g/mol. The summed E-state index contributed by atoms with van der Waals surface area (Å²) in [5, 5.41) is 0. The molecule has 31 heavy (non-hydrogen) atoms. The van der Waals surface area contributed by atoms with Gasteiger partial charge in [-0.05, 0) is 55.8 Å². The summed E-state index contributed by atoms with van der Waals surface area (Å²) in [6, 6.07) is 12.4. The third kappa shape index (κ3) is 4.07. The van der Waals surface area contributed by atoms with Crippen LogP contribution in [0.4, 0.5) is 0 Å². The molecule has 0 bridgehead atoms. The van der Waals surface area contributed by atoms with Gasteiger partial charge >= 0.3 is 5.97 Å². The molecule has 0 unspecified atom stereocenters. The second-order valence-electron chi connectivity index (χ2n) is 7.30. The van der Waals surface area contributed by atoms with Gasteiger partial charge in [0.1, 0.15) is 12.4 Å². The molecule has 3 aromatic rings. The third-order valence-electron chi connectivity index (χ3n) is 5.34. The van der Waals surface area contributed by atoms with Crippen molar-refractivity contribution in [2.24, 2.45) is 0 Å². The van der Waals surface area contributed by atoms with Gasteiger partial charge in [0, 0.05) is 17.5 Å². The van der Waals surface area contributed by atoms with Crippen LogP contribution >= 0.6 is 0 Å². The number of ether oxygens (including phenoxy) is 1. The molecule has 3 heterocycles. The minimum Gasteiger partial charge on any atom is -0.467 e. The van der Waals surface area contributed by atoms with E-state index in [4.69, 9.17) is 9.15 Å². The molecule has 7 heteroatoms. The highest BCUT2D eigenvalue weighted by atomic mass is 16.5. The molecule has 1 aliphatic rings. The number of hydrogen-bond acceptors (Lipinski definition) is 5. The van der Waals surface area contributed by atoms with Crippen LogP contribution in [-0.2, 0) is 16.1 Å². The van der Waals surface area contributed by atoms with Crippen molar-refractivity contribution >= 4 is 23.9 Å². The standard InChI is InChI=1S/C24H22N2O5/c1-16-14-18(17(2)26(16)15-19-6-5-12-30-19)9-10-22(27)31-13-11-25-23(28)20-7-3-4-8-21(20)24(25)29/h3-10,12,14H,11,13,15H2,1-2H3/b10-9+. The maximum absolute atomic E-state index is 12.3. The van der Waals surface area contributed by atoms with Gasteiger partial charge in [0.25, 0.3) is 11.8 Å². The number of furan rings is 1. The van der Waals surface area contributed by atoms with Gasteiger partial charge in [0.2, 0.25) is 0 Å². The molecule has 0 atom stereocenters. The Bertz CT molecular complexity index is 1140. The molecule has 1 aliphatic heterocycles. The number of carbonyl (C=O) groups is 3. The number of hydrogen-bond donors (Lipinski definition) is 0. The fourth-order valence-electron chi connectivity index (χ4n) is 3.68. The fourth-order valence-corrected chi connectivity index (χ4v) is 3.68. The lowest BCUT2D eigenvalue weighted by molar-refractivity contribution is -0.137. The topological polar surface area (TPSA) is 81.8 Å². The number of carbonyl (C=O) groups excluding carboxylic acids is 3. The van der Waals surface area contributed by atoms with Gasteiger partial charge in [-0.2, -0.15) is 0 Å². The van der Waals surface area contributed by atoms with Crippen LogP contribution in [0.3, 0.4) is 0 Å². The van der Waals surface area contributed by atoms with Gasteiger partial charge in [-0.15, -0.1) is 0 Å². The van der Waals surface area contributed by atoms with E-state index in [1.165, 1.54) is 6.08 Å². The van der Waals surface area contributed by atoms with E-state index >= 15 is 0 Å². The Balaban J connectivity index is 1.33. The minimum absolute atomic E-state index is 0.0174. The molecule has 0 saturated carbocycles. The average molecular weight is 418 g/mol. The molecule has 0 saturated heterocycles. The molecule has 7 nitrogen and oxygen atoms in total. The van der Waals surface area contributed by atoms with Gasteiger partial charge in [-0.1, -0.05) is 12.1 Å². The van der Waals surface area contributed by atoms with E-state index in [9.17, 15) is 14.4 Å². The van der Waals surface area contributed by atoms with Crippen LogP contribution in [0, 0.1) is 13.8 Å². The van der Waals surface area contributed by atoms with Gasteiger partial charge in [-0.25, -0.2) is 4.79 Å². The largest absolute Gasteiger partial charge is 0.467 e. The highest BCUT2D eigenvalue weighted by molar-refractivity contribution is 6.21. The maximum atomic E-state index is 12.3. The number of fused-ring (bicyclic) bond motifs is 1. The second kappa shape index (κ2) is 8.47. The van der Waals surface area contributed by atoms with Crippen molar-refractivity contribution in [1.29, 1.82) is 0 Å². The van der Waals surface area contributed by atoms with E-state index in [-0.39, 0.29) is 25.0 Å². The lowest BCUT2D eigenvalue weighted by Crippen LogP contribution is -2.33. The maximum Gasteiger partial charge on any atom is 0.330 e. The summed E-state index contributed by atoms with van der Waals surface area (Å²) in [6.07, 6.45) is 4.69. The summed E-state index contributed by atoms with van der Waals surface area (Å²) in [5.74, 6) is -0.412. The molecule has 2 aromatic heterocycles.